The van der Waals surface area contributed by atoms with Gasteiger partial charge in [0.25, 0.3) is 0 Å². The van der Waals surface area contributed by atoms with Crippen molar-refractivity contribution >= 4 is 17.6 Å². The van der Waals surface area contributed by atoms with Crippen LogP contribution in [0.25, 0.3) is 0 Å². The van der Waals surface area contributed by atoms with Crippen molar-refractivity contribution in [1.82, 2.24) is 0 Å². The first-order chi connectivity index (χ1) is 15.8. The summed E-state index contributed by atoms with van der Waals surface area (Å²) < 4.78 is 115. The van der Waals surface area contributed by atoms with Crippen molar-refractivity contribution in [2.24, 2.45) is 0 Å². The molecule has 2 aromatic rings. The van der Waals surface area contributed by atoms with Gasteiger partial charge in [-0.15, -0.1) is 0 Å². The van der Waals surface area contributed by atoms with Gasteiger partial charge in [-0.3, -0.25) is 0 Å². The highest BCUT2D eigenvalue weighted by atomic mass is 35.5. The van der Waals surface area contributed by atoms with Crippen LogP contribution in [0.1, 0.15) is 37.0 Å². The molecule has 0 fully saturated rings. The Morgan fingerprint density at radius 2 is 1.63 bits per heavy atom. The average molecular weight is 535 g/mol. The van der Waals surface area contributed by atoms with Gasteiger partial charge in [0.05, 0.1) is 10.6 Å². The molecule has 0 aliphatic rings. The van der Waals surface area contributed by atoms with Crippen molar-refractivity contribution in [1.29, 1.82) is 0 Å². The van der Waals surface area contributed by atoms with Crippen LogP contribution in [0.15, 0.2) is 30.3 Å². The summed E-state index contributed by atoms with van der Waals surface area (Å²) in [7, 11) is 0. The Morgan fingerprint density at radius 1 is 1.03 bits per heavy atom. The molecule has 194 valence electrons. The fourth-order valence-electron chi connectivity index (χ4n) is 3.64. The van der Waals surface area contributed by atoms with E-state index in [0.717, 1.165) is 32.0 Å². The van der Waals surface area contributed by atoms with Crippen molar-refractivity contribution in [3.8, 4) is 5.75 Å². The first kappa shape index (κ1) is 28.6. The normalized spacial score (nSPS) is 14.5. The predicted molar refractivity (Wildman–Crippen MR) is 108 cm³/mol. The maximum atomic E-state index is 14.4. The zero-order valence-electron chi connectivity index (χ0n) is 18.1. The van der Waals surface area contributed by atoms with E-state index in [1.165, 1.54) is 0 Å². The lowest BCUT2D eigenvalue weighted by Crippen LogP contribution is -2.51. The van der Waals surface area contributed by atoms with Crippen molar-refractivity contribution in [2.45, 2.75) is 50.1 Å². The van der Waals surface area contributed by atoms with Crippen molar-refractivity contribution in [3.63, 3.8) is 0 Å². The van der Waals surface area contributed by atoms with E-state index in [0.29, 0.717) is 0 Å². The molecule has 13 heteroatoms. The molecule has 2 rings (SSSR count). The second-order valence-electron chi connectivity index (χ2n) is 8.52. The molecule has 0 aliphatic carbocycles. The molecule has 1 atom stereocenters. The van der Waals surface area contributed by atoms with E-state index in [1.54, 1.807) is 0 Å². The first-order valence-corrected chi connectivity index (χ1v) is 10.1. The molecule has 0 aromatic heterocycles. The second-order valence-corrected chi connectivity index (χ2v) is 8.93. The maximum absolute atomic E-state index is 14.4. The van der Waals surface area contributed by atoms with E-state index >= 15 is 0 Å². The summed E-state index contributed by atoms with van der Waals surface area (Å²) in [6.45, 7) is 1.37. The molecule has 35 heavy (non-hydrogen) atoms. The summed E-state index contributed by atoms with van der Waals surface area (Å²) >= 11 is 5.45. The van der Waals surface area contributed by atoms with Crippen molar-refractivity contribution < 1.29 is 54.9 Å². The first-order valence-electron chi connectivity index (χ1n) is 9.76. The van der Waals surface area contributed by atoms with Crippen LogP contribution in [-0.4, -0.2) is 34.6 Å². The number of ether oxygens (including phenoxy) is 1. The molecule has 0 heterocycles. The number of aliphatic carboxylic acids is 1. The molecule has 0 amide bonds. The Labute approximate surface area is 199 Å². The highest BCUT2D eigenvalue weighted by molar-refractivity contribution is 6.30. The van der Waals surface area contributed by atoms with Gasteiger partial charge in [0.15, 0.2) is 12.2 Å². The zero-order valence-corrected chi connectivity index (χ0v) is 18.9. The molecule has 0 spiro atoms. The molecule has 0 aliphatic heterocycles. The number of carbonyl (C=O) groups is 1. The molecule has 2 aromatic carbocycles. The number of benzene rings is 2. The maximum Gasteiger partial charge on any atom is 0.417 e. The van der Waals surface area contributed by atoms with Crippen LogP contribution in [0, 0.1) is 11.6 Å². The number of halogens is 9. The van der Waals surface area contributed by atoms with Gasteiger partial charge in [-0.05, 0) is 47.7 Å². The van der Waals surface area contributed by atoms with Crippen LogP contribution in [0.5, 0.6) is 5.75 Å². The molecule has 4 nitrogen and oxygen atoms in total. The second kappa shape index (κ2) is 9.81. The van der Waals surface area contributed by atoms with Gasteiger partial charge in [0.2, 0.25) is 0 Å². The third-order valence-corrected chi connectivity index (χ3v) is 5.47. The molecule has 2 N–H and O–H groups in total. The van der Waals surface area contributed by atoms with E-state index in [-0.39, 0.29) is 23.4 Å². The quantitative estimate of drug-likeness (QED) is 0.390. The Hall–Kier alpha value is -2.60. The number of carboxylic acids is 1. The lowest BCUT2D eigenvalue weighted by atomic mass is 9.72. The van der Waals surface area contributed by atoms with Crippen molar-refractivity contribution in [3.05, 3.63) is 63.7 Å². The van der Waals surface area contributed by atoms with E-state index in [2.05, 4.69) is 0 Å². The number of alkyl halides is 6. The molecule has 0 radical (unpaired) electrons. The topological polar surface area (TPSA) is 66.8 Å². The van der Waals surface area contributed by atoms with Crippen LogP contribution >= 0.6 is 11.6 Å². The summed E-state index contributed by atoms with van der Waals surface area (Å²) in [5.41, 5.74) is -8.52. The van der Waals surface area contributed by atoms with Gasteiger partial charge in [0, 0.05) is 12.0 Å². The predicted octanol–water partition coefficient (Wildman–Crippen LogP) is 6.30. The number of rotatable bonds is 8. The summed E-state index contributed by atoms with van der Waals surface area (Å²) in [4.78, 5) is 10.8. The number of carboxylic acid groups (broad SMARTS) is 1. The smallest absolute Gasteiger partial charge is 0.417 e. The Bertz CT molecular complexity index is 1100. The minimum atomic E-state index is -5.48. The third-order valence-electron chi connectivity index (χ3n) is 5.20. The van der Waals surface area contributed by atoms with Gasteiger partial charge in [-0.2, -0.15) is 26.3 Å². The summed E-state index contributed by atoms with van der Waals surface area (Å²) in [6.07, 6.45) is -13.5. The lowest BCUT2D eigenvalue weighted by Gasteiger charge is -2.38. The van der Waals surface area contributed by atoms with E-state index < -0.39 is 76.6 Å². The SMILES string of the molecule is CC(C)(CC(O)(Cc1cc(C(F)(F)F)cc(Cl)c1F)C(F)(F)F)c1cc(F)ccc1OCC(=O)O. The molecular weight excluding hydrogens is 516 g/mol. The number of aliphatic hydroxyl groups is 1. The molecule has 0 bridgehead atoms. The summed E-state index contributed by atoms with van der Waals surface area (Å²) in [6, 6.07) is 2.95. The standard InChI is InChI=1S/C22H19ClF8O4/c1-19(2,14-7-13(24)3-4-16(14)35-9-17(32)33)10-20(34,22(29,30)31)8-11-5-12(21(26,27)28)6-15(23)18(11)25/h3-7,34H,8-10H2,1-2H3,(H,32,33). The molecule has 0 saturated carbocycles. The summed E-state index contributed by atoms with van der Waals surface area (Å²) in [5.74, 6) is -4.21. The van der Waals surface area contributed by atoms with Gasteiger partial charge in [-0.1, -0.05) is 25.4 Å². The van der Waals surface area contributed by atoms with E-state index in [9.17, 15) is 45.0 Å². The molecular formula is C22H19ClF8O4. The van der Waals surface area contributed by atoms with Crippen LogP contribution < -0.4 is 4.74 Å². The molecule has 1 unspecified atom stereocenters. The minimum Gasteiger partial charge on any atom is -0.482 e. The van der Waals surface area contributed by atoms with E-state index in [4.69, 9.17) is 21.4 Å². The van der Waals surface area contributed by atoms with Crippen molar-refractivity contribution in [2.75, 3.05) is 6.61 Å². The van der Waals surface area contributed by atoms with Gasteiger partial charge >= 0.3 is 18.3 Å². The van der Waals surface area contributed by atoms with E-state index in [1.807, 2.05) is 0 Å². The number of hydrogen-bond acceptors (Lipinski definition) is 3. The van der Waals surface area contributed by atoms with Crippen LogP contribution in [0.3, 0.4) is 0 Å². The monoisotopic (exact) mass is 534 g/mol. The fraction of sp³-hybridized carbons (Fsp3) is 0.409. The Morgan fingerprint density at radius 3 is 2.14 bits per heavy atom. The molecule has 0 saturated heterocycles. The number of hydrogen-bond donors (Lipinski definition) is 2. The fourth-order valence-corrected chi connectivity index (χ4v) is 3.88. The zero-order chi connectivity index (χ0) is 27.0. The van der Waals surface area contributed by atoms with Gasteiger partial charge in [0.1, 0.15) is 17.4 Å². The Balaban J connectivity index is 2.57. The van der Waals surface area contributed by atoms with Crippen LogP contribution in [0.2, 0.25) is 5.02 Å². The lowest BCUT2D eigenvalue weighted by molar-refractivity contribution is -0.266. The third kappa shape index (κ3) is 6.75. The van der Waals surface area contributed by atoms with Gasteiger partial charge in [-0.25, -0.2) is 13.6 Å². The minimum absolute atomic E-state index is 0.120. The summed E-state index contributed by atoms with van der Waals surface area (Å²) in [5, 5.41) is 18.3. The largest absolute Gasteiger partial charge is 0.482 e. The highest BCUT2D eigenvalue weighted by Gasteiger charge is 2.56. The van der Waals surface area contributed by atoms with Crippen LogP contribution in [-0.2, 0) is 22.8 Å². The van der Waals surface area contributed by atoms with Crippen LogP contribution in [0.4, 0.5) is 35.1 Å². The highest BCUT2D eigenvalue weighted by Crippen LogP contribution is 2.46. The average Bonchev–Trinajstić information content (AvgIpc) is 2.68. The Kier molecular flexibility index (Phi) is 8.02. The van der Waals surface area contributed by atoms with Gasteiger partial charge < -0.3 is 14.9 Å².